The molecule has 0 spiro atoms. The van der Waals surface area contributed by atoms with Crippen LogP contribution in [-0.2, 0) is 11.3 Å². The molecule has 1 saturated heterocycles. The van der Waals surface area contributed by atoms with Gasteiger partial charge >= 0.3 is 0 Å². The number of likely N-dealkylation sites (tertiary alicyclic amines) is 1. The first kappa shape index (κ1) is 15.1. The Morgan fingerprint density at radius 1 is 1.45 bits per heavy atom. The zero-order valence-corrected chi connectivity index (χ0v) is 12.5. The van der Waals surface area contributed by atoms with Crippen LogP contribution < -0.4 is 11.1 Å². The number of hydrogen-bond acceptors (Lipinski definition) is 5. The quantitative estimate of drug-likeness (QED) is 0.737. The predicted octanol–water partition coefficient (Wildman–Crippen LogP) is 1.11. The van der Waals surface area contributed by atoms with Crippen molar-refractivity contribution in [3.8, 4) is 0 Å². The Labute approximate surface area is 124 Å². The molecule has 1 aromatic rings. The van der Waals surface area contributed by atoms with E-state index < -0.39 is 0 Å². The third-order valence-corrected chi connectivity index (χ3v) is 4.32. The summed E-state index contributed by atoms with van der Waals surface area (Å²) in [7, 11) is 0. The van der Waals surface area contributed by atoms with E-state index in [1.807, 2.05) is 12.1 Å². The molecule has 1 aromatic heterocycles. The van der Waals surface area contributed by atoms with Crippen molar-refractivity contribution in [2.45, 2.75) is 19.4 Å². The lowest BCUT2D eigenvalue weighted by molar-refractivity contribution is -0.118. The van der Waals surface area contributed by atoms with Gasteiger partial charge in [-0.2, -0.15) is 11.8 Å². The average Bonchev–Trinajstić information content (AvgIpc) is 2.96. The van der Waals surface area contributed by atoms with E-state index in [9.17, 15) is 4.79 Å². The van der Waals surface area contributed by atoms with Crippen molar-refractivity contribution in [1.82, 2.24) is 15.2 Å². The Kier molecular flexibility index (Phi) is 6.14. The minimum Gasteiger partial charge on any atom is -0.383 e. The number of nitrogen functional groups attached to an aromatic ring is 1. The molecule has 2 heterocycles. The Morgan fingerprint density at radius 2 is 2.25 bits per heavy atom. The van der Waals surface area contributed by atoms with Crippen molar-refractivity contribution in [3.63, 3.8) is 0 Å². The molecule has 5 nitrogen and oxygen atoms in total. The molecule has 0 radical (unpaired) electrons. The molecule has 0 aromatic carbocycles. The normalized spacial score (nSPS) is 15.4. The van der Waals surface area contributed by atoms with Gasteiger partial charge < -0.3 is 16.0 Å². The highest BCUT2D eigenvalue weighted by Crippen LogP contribution is 2.09. The lowest BCUT2D eigenvalue weighted by atomic mass is 10.2. The van der Waals surface area contributed by atoms with Gasteiger partial charge in [-0.15, -0.1) is 0 Å². The standard InChI is InChI=1S/C14H22N4OS/c15-14-12(4-3-5-16-14)10-17-13(19)11-20-9-8-18-6-1-2-7-18/h3-5H,1-2,6-11H2,(H2,15,16)(H,17,19). The third-order valence-electron chi connectivity index (χ3n) is 3.39. The van der Waals surface area contributed by atoms with E-state index in [2.05, 4.69) is 15.2 Å². The Balaban J connectivity index is 1.57. The highest BCUT2D eigenvalue weighted by Gasteiger charge is 2.11. The van der Waals surface area contributed by atoms with Gasteiger partial charge in [0.15, 0.2) is 0 Å². The van der Waals surface area contributed by atoms with E-state index in [0.717, 1.165) is 17.9 Å². The summed E-state index contributed by atoms with van der Waals surface area (Å²) in [5, 5.41) is 2.87. The molecular formula is C14H22N4OS. The molecule has 2 rings (SSSR count). The first-order valence-corrected chi connectivity index (χ1v) is 8.17. The fraction of sp³-hybridized carbons (Fsp3) is 0.571. The average molecular weight is 294 g/mol. The second-order valence-corrected chi connectivity index (χ2v) is 6.03. The number of carbonyl (C=O) groups is 1. The van der Waals surface area contributed by atoms with E-state index >= 15 is 0 Å². The number of nitrogens with two attached hydrogens (primary N) is 1. The maximum atomic E-state index is 11.7. The molecule has 1 aliphatic heterocycles. The van der Waals surface area contributed by atoms with Crippen molar-refractivity contribution in [2.75, 3.05) is 36.9 Å². The van der Waals surface area contributed by atoms with E-state index in [1.54, 1.807) is 18.0 Å². The first-order valence-electron chi connectivity index (χ1n) is 7.02. The summed E-state index contributed by atoms with van der Waals surface area (Å²) < 4.78 is 0. The molecule has 6 heteroatoms. The van der Waals surface area contributed by atoms with Gasteiger partial charge in [0.25, 0.3) is 0 Å². The SMILES string of the molecule is Nc1ncccc1CNC(=O)CSCCN1CCCC1. The van der Waals surface area contributed by atoms with Gasteiger partial charge in [-0.05, 0) is 32.0 Å². The van der Waals surface area contributed by atoms with Crippen LogP contribution in [0.15, 0.2) is 18.3 Å². The number of amides is 1. The fourth-order valence-corrected chi connectivity index (χ4v) is 3.03. The minimum absolute atomic E-state index is 0.0553. The van der Waals surface area contributed by atoms with E-state index in [4.69, 9.17) is 5.73 Å². The van der Waals surface area contributed by atoms with Crippen LogP contribution in [0.3, 0.4) is 0 Å². The first-order chi connectivity index (χ1) is 9.75. The number of thioether (sulfide) groups is 1. The maximum Gasteiger partial charge on any atom is 0.230 e. The van der Waals surface area contributed by atoms with Crippen LogP contribution in [0.4, 0.5) is 5.82 Å². The highest BCUT2D eigenvalue weighted by atomic mass is 32.2. The van der Waals surface area contributed by atoms with Crippen molar-refractivity contribution in [2.24, 2.45) is 0 Å². The second kappa shape index (κ2) is 8.11. The maximum absolute atomic E-state index is 11.7. The minimum atomic E-state index is 0.0553. The molecule has 3 N–H and O–H groups in total. The van der Waals surface area contributed by atoms with Gasteiger partial charge in [-0.3, -0.25) is 4.79 Å². The summed E-state index contributed by atoms with van der Waals surface area (Å²) in [6.45, 7) is 3.97. The lowest BCUT2D eigenvalue weighted by Gasteiger charge is -2.13. The number of anilines is 1. The predicted molar refractivity (Wildman–Crippen MR) is 83.5 cm³/mol. The van der Waals surface area contributed by atoms with Gasteiger partial charge in [0.1, 0.15) is 5.82 Å². The number of nitrogens with zero attached hydrogens (tertiary/aromatic N) is 2. The summed E-state index contributed by atoms with van der Waals surface area (Å²) in [4.78, 5) is 18.2. The van der Waals surface area contributed by atoms with E-state index in [-0.39, 0.29) is 5.91 Å². The zero-order chi connectivity index (χ0) is 14.2. The molecule has 110 valence electrons. The van der Waals surface area contributed by atoms with Crippen LogP contribution >= 0.6 is 11.8 Å². The topological polar surface area (TPSA) is 71.2 Å². The van der Waals surface area contributed by atoms with Crippen LogP contribution in [-0.4, -0.2) is 46.9 Å². The molecule has 0 saturated carbocycles. The molecular weight excluding hydrogens is 272 g/mol. The third kappa shape index (κ3) is 5.02. The Morgan fingerprint density at radius 3 is 3.00 bits per heavy atom. The molecule has 1 aliphatic rings. The number of nitrogens with one attached hydrogen (secondary N) is 1. The summed E-state index contributed by atoms with van der Waals surface area (Å²) in [5.74, 6) is 2.06. The van der Waals surface area contributed by atoms with Gasteiger partial charge in [-0.25, -0.2) is 4.98 Å². The van der Waals surface area contributed by atoms with Crippen molar-refractivity contribution < 1.29 is 4.79 Å². The molecule has 0 atom stereocenters. The van der Waals surface area contributed by atoms with Crippen LogP contribution in [0.5, 0.6) is 0 Å². The van der Waals surface area contributed by atoms with Gasteiger partial charge in [0.05, 0.1) is 5.75 Å². The number of hydrogen-bond donors (Lipinski definition) is 2. The lowest BCUT2D eigenvalue weighted by Crippen LogP contribution is -2.26. The molecule has 0 aliphatic carbocycles. The van der Waals surface area contributed by atoms with E-state index in [1.165, 1.54) is 25.9 Å². The number of aromatic nitrogens is 1. The Bertz CT molecular complexity index is 435. The summed E-state index contributed by atoms with van der Waals surface area (Å²) in [5.41, 5.74) is 6.59. The molecule has 0 bridgehead atoms. The zero-order valence-electron chi connectivity index (χ0n) is 11.7. The van der Waals surface area contributed by atoms with Crippen LogP contribution in [0, 0.1) is 0 Å². The summed E-state index contributed by atoms with van der Waals surface area (Å²) in [6, 6.07) is 3.70. The van der Waals surface area contributed by atoms with Crippen LogP contribution in [0.25, 0.3) is 0 Å². The van der Waals surface area contributed by atoms with Crippen molar-refractivity contribution in [3.05, 3.63) is 23.9 Å². The molecule has 1 fully saturated rings. The summed E-state index contributed by atoms with van der Waals surface area (Å²) >= 11 is 1.69. The second-order valence-electron chi connectivity index (χ2n) is 4.93. The van der Waals surface area contributed by atoms with Crippen molar-refractivity contribution in [1.29, 1.82) is 0 Å². The number of rotatable bonds is 7. The fourth-order valence-electron chi connectivity index (χ4n) is 2.21. The molecule has 0 unspecified atom stereocenters. The van der Waals surface area contributed by atoms with Gasteiger partial charge in [0.2, 0.25) is 5.91 Å². The molecule has 1 amide bonds. The van der Waals surface area contributed by atoms with Crippen LogP contribution in [0.1, 0.15) is 18.4 Å². The largest absolute Gasteiger partial charge is 0.383 e. The van der Waals surface area contributed by atoms with Crippen molar-refractivity contribution >= 4 is 23.5 Å². The smallest absolute Gasteiger partial charge is 0.230 e. The van der Waals surface area contributed by atoms with E-state index in [0.29, 0.717) is 18.1 Å². The van der Waals surface area contributed by atoms with Gasteiger partial charge in [-0.1, -0.05) is 6.07 Å². The number of pyridine rings is 1. The number of carbonyl (C=O) groups excluding carboxylic acids is 1. The molecule has 20 heavy (non-hydrogen) atoms. The highest BCUT2D eigenvalue weighted by molar-refractivity contribution is 7.99. The van der Waals surface area contributed by atoms with Gasteiger partial charge in [0, 0.05) is 30.6 Å². The summed E-state index contributed by atoms with van der Waals surface area (Å²) in [6.07, 6.45) is 4.28. The Hall–Kier alpha value is -1.27. The monoisotopic (exact) mass is 294 g/mol. The van der Waals surface area contributed by atoms with Crippen LogP contribution in [0.2, 0.25) is 0 Å².